The second-order valence-electron chi connectivity index (χ2n) is 4.30. The Morgan fingerprint density at radius 1 is 1.44 bits per heavy atom. The summed E-state index contributed by atoms with van der Waals surface area (Å²) in [4.78, 5) is 6.62. The van der Waals surface area contributed by atoms with E-state index in [0.717, 1.165) is 0 Å². The van der Waals surface area contributed by atoms with Crippen molar-refractivity contribution < 1.29 is 28.9 Å². The van der Waals surface area contributed by atoms with Gasteiger partial charge in [-0.3, -0.25) is 9.88 Å². The average Bonchev–Trinajstić information content (AvgIpc) is 2.63. The van der Waals surface area contributed by atoms with Crippen LogP contribution >= 0.6 is 0 Å². The minimum absolute atomic E-state index is 0.605. The fourth-order valence-electron chi connectivity index (χ4n) is 2.13. The SMILES string of the molecule is Cc1ccncc1C1CCCN1C.[O-][Cl+](O)(O)O. The molecule has 0 spiro atoms. The maximum absolute atomic E-state index is 8.83. The summed E-state index contributed by atoms with van der Waals surface area (Å²) in [6, 6.07) is 2.70. The molecule has 1 atom stereocenters. The van der Waals surface area contributed by atoms with Gasteiger partial charge in [-0.1, -0.05) is 0 Å². The van der Waals surface area contributed by atoms with Crippen LogP contribution in [0.3, 0.4) is 0 Å². The van der Waals surface area contributed by atoms with E-state index in [4.69, 9.17) is 18.6 Å². The molecule has 1 unspecified atom stereocenters. The Morgan fingerprint density at radius 3 is 2.50 bits per heavy atom. The Kier molecular flexibility index (Phi) is 5.46. The first kappa shape index (κ1) is 15.3. The topological polar surface area (TPSA) is 99.9 Å². The Bertz CT molecular complexity index is 378. The van der Waals surface area contributed by atoms with Crippen LogP contribution in [0.25, 0.3) is 0 Å². The molecular weight excluding hydrogens is 260 g/mol. The second kappa shape index (κ2) is 6.42. The van der Waals surface area contributed by atoms with Gasteiger partial charge < -0.3 is 0 Å². The number of pyridine rings is 1. The number of nitrogens with zero attached hydrogens (tertiary/aromatic N) is 2. The molecule has 0 amide bonds. The van der Waals surface area contributed by atoms with E-state index in [-0.39, 0.29) is 0 Å². The minimum atomic E-state index is -4.19. The molecule has 0 saturated carbocycles. The van der Waals surface area contributed by atoms with Gasteiger partial charge in [0.25, 0.3) is 0 Å². The van der Waals surface area contributed by atoms with E-state index < -0.39 is 10.2 Å². The molecule has 1 saturated heterocycles. The van der Waals surface area contributed by atoms with Crippen molar-refractivity contribution in [3.63, 3.8) is 0 Å². The van der Waals surface area contributed by atoms with Crippen LogP contribution in [0.4, 0.5) is 0 Å². The molecule has 3 N–H and O–H groups in total. The third kappa shape index (κ3) is 5.26. The molecule has 2 rings (SSSR count). The Hall–Kier alpha value is -0.760. The van der Waals surface area contributed by atoms with Crippen molar-refractivity contribution >= 4 is 0 Å². The fourth-order valence-corrected chi connectivity index (χ4v) is 2.13. The molecule has 1 aromatic heterocycles. The van der Waals surface area contributed by atoms with Gasteiger partial charge in [-0.2, -0.15) is 0 Å². The number of aryl methyl sites for hydroxylation is 1. The summed E-state index contributed by atoms with van der Waals surface area (Å²) in [7, 11) is -2.00. The normalized spacial score (nSPS) is 21.3. The zero-order chi connectivity index (χ0) is 13.8. The second-order valence-corrected chi connectivity index (χ2v) is 5.17. The molecule has 1 aliphatic rings. The molecule has 0 aromatic carbocycles. The third-order valence-corrected chi connectivity index (χ3v) is 2.96. The molecule has 6 nitrogen and oxygen atoms in total. The van der Waals surface area contributed by atoms with Gasteiger partial charge in [0.2, 0.25) is 0 Å². The average molecular weight is 279 g/mol. The third-order valence-electron chi connectivity index (χ3n) is 2.96. The molecular formula is C11H19ClN2O4. The van der Waals surface area contributed by atoms with Crippen molar-refractivity contribution in [3.05, 3.63) is 29.6 Å². The van der Waals surface area contributed by atoms with Crippen LogP contribution in [-0.2, 0) is 0 Å². The van der Waals surface area contributed by atoms with E-state index in [1.54, 1.807) is 0 Å². The molecule has 1 fully saturated rings. The molecule has 1 aromatic rings. The van der Waals surface area contributed by atoms with Gasteiger partial charge in [-0.05, 0) is 50.6 Å². The Morgan fingerprint density at radius 2 is 2.06 bits per heavy atom. The van der Waals surface area contributed by atoms with Crippen molar-refractivity contribution in [2.24, 2.45) is 0 Å². The van der Waals surface area contributed by atoms with Gasteiger partial charge in [-0.15, -0.1) is 0 Å². The first-order chi connectivity index (χ1) is 8.29. The van der Waals surface area contributed by atoms with Crippen molar-refractivity contribution in [2.75, 3.05) is 13.6 Å². The van der Waals surface area contributed by atoms with Gasteiger partial charge in [0.15, 0.2) is 0 Å². The standard InChI is InChI=1S/C11H16N2.ClH3O4/c1-9-5-6-12-8-10(9)11-4-3-7-13(11)2;2-1(3,4)5/h5-6,8,11H,3-4,7H2,1-2H3;2-4H. The van der Waals surface area contributed by atoms with Crippen LogP contribution in [0.15, 0.2) is 18.5 Å². The summed E-state index contributed by atoms with van der Waals surface area (Å²) >= 11 is 0. The molecule has 2 heterocycles. The van der Waals surface area contributed by atoms with Gasteiger partial charge in [0.1, 0.15) is 0 Å². The number of hydrogen-bond acceptors (Lipinski definition) is 6. The Balaban J connectivity index is 0.000000280. The van der Waals surface area contributed by atoms with Crippen molar-refractivity contribution in [2.45, 2.75) is 25.8 Å². The van der Waals surface area contributed by atoms with Crippen LogP contribution in [0, 0.1) is 17.2 Å². The molecule has 0 bridgehead atoms. The van der Waals surface area contributed by atoms with Crippen LogP contribution in [-0.4, -0.2) is 37.5 Å². The van der Waals surface area contributed by atoms with Gasteiger partial charge >= 0.3 is 28.9 Å². The summed E-state index contributed by atoms with van der Waals surface area (Å²) in [6.45, 7) is 3.39. The first-order valence-corrected chi connectivity index (χ1v) is 6.88. The molecule has 18 heavy (non-hydrogen) atoms. The van der Waals surface area contributed by atoms with E-state index in [0.29, 0.717) is 6.04 Å². The van der Waals surface area contributed by atoms with E-state index >= 15 is 0 Å². The van der Waals surface area contributed by atoms with Crippen LogP contribution < -0.4 is 4.66 Å². The van der Waals surface area contributed by atoms with Crippen molar-refractivity contribution in [1.82, 2.24) is 9.88 Å². The first-order valence-electron chi connectivity index (χ1n) is 5.56. The predicted molar refractivity (Wildman–Crippen MR) is 60.2 cm³/mol. The van der Waals surface area contributed by atoms with Crippen LogP contribution in [0.5, 0.6) is 0 Å². The molecule has 104 valence electrons. The quantitative estimate of drug-likeness (QED) is 0.628. The van der Waals surface area contributed by atoms with Gasteiger partial charge in [0, 0.05) is 18.4 Å². The summed E-state index contributed by atoms with van der Waals surface area (Å²) in [5.41, 5.74) is 2.77. The number of halogens is 1. The van der Waals surface area contributed by atoms with Gasteiger partial charge in [0.05, 0.1) is 0 Å². The summed E-state index contributed by atoms with van der Waals surface area (Å²) in [6.07, 6.45) is 6.48. The number of likely N-dealkylation sites (tertiary alicyclic amines) is 1. The molecule has 7 heteroatoms. The van der Waals surface area contributed by atoms with E-state index in [1.165, 1.54) is 30.5 Å². The van der Waals surface area contributed by atoms with Crippen LogP contribution in [0.2, 0.25) is 0 Å². The predicted octanol–water partition coefficient (Wildman–Crippen LogP) is -0.703. The molecule has 1 aliphatic heterocycles. The summed E-state index contributed by atoms with van der Waals surface area (Å²) in [5, 5.41) is 0. The molecule has 0 aliphatic carbocycles. The van der Waals surface area contributed by atoms with Crippen molar-refractivity contribution in [3.8, 4) is 0 Å². The fraction of sp³-hybridized carbons (Fsp3) is 0.545. The van der Waals surface area contributed by atoms with Gasteiger partial charge in [-0.25, -0.2) is 0 Å². The summed E-state index contributed by atoms with van der Waals surface area (Å²) in [5.74, 6) is 0. The van der Waals surface area contributed by atoms with Crippen molar-refractivity contribution in [1.29, 1.82) is 0 Å². The zero-order valence-electron chi connectivity index (χ0n) is 10.5. The van der Waals surface area contributed by atoms with Crippen LogP contribution in [0.1, 0.15) is 30.0 Å². The number of aromatic nitrogens is 1. The van der Waals surface area contributed by atoms with E-state index in [9.17, 15) is 0 Å². The number of hydrogen-bond donors (Lipinski definition) is 3. The number of rotatable bonds is 1. The molecule has 0 radical (unpaired) electrons. The monoisotopic (exact) mass is 278 g/mol. The van der Waals surface area contributed by atoms with E-state index in [2.05, 4.69) is 29.9 Å². The van der Waals surface area contributed by atoms with E-state index in [1.807, 2.05) is 12.4 Å². The Labute approximate surface area is 108 Å². The zero-order valence-corrected chi connectivity index (χ0v) is 11.2. The summed E-state index contributed by atoms with van der Waals surface area (Å²) < 4.78 is 30.2. The maximum atomic E-state index is 8.83.